The van der Waals surface area contributed by atoms with Crippen molar-refractivity contribution in [2.75, 3.05) is 20.2 Å². The Morgan fingerprint density at radius 3 is 2.14 bits per heavy atom. The second kappa shape index (κ2) is 6.82. The summed E-state index contributed by atoms with van der Waals surface area (Å²) in [6.45, 7) is 10.0. The SMILES string of the molecule is COC(=O)C(CNCC(C)C)C(C)C. The summed E-state index contributed by atoms with van der Waals surface area (Å²) in [6, 6.07) is 0. The zero-order valence-corrected chi connectivity index (χ0v) is 9.96. The first kappa shape index (κ1) is 13.4. The van der Waals surface area contributed by atoms with E-state index in [-0.39, 0.29) is 11.9 Å². The van der Waals surface area contributed by atoms with Gasteiger partial charge >= 0.3 is 5.97 Å². The van der Waals surface area contributed by atoms with Gasteiger partial charge in [0.05, 0.1) is 13.0 Å². The number of methoxy groups -OCH3 is 1. The van der Waals surface area contributed by atoms with Crippen molar-refractivity contribution in [3.8, 4) is 0 Å². The summed E-state index contributed by atoms with van der Waals surface area (Å²) in [5.41, 5.74) is 0. The fourth-order valence-electron chi connectivity index (χ4n) is 1.27. The molecule has 1 N–H and O–H groups in total. The summed E-state index contributed by atoms with van der Waals surface area (Å²) < 4.78 is 4.75. The van der Waals surface area contributed by atoms with Crippen molar-refractivity contribution < 1.29 is 9.53 Å². The number of nitrogens with one attached hydrogen (secondary N) is 1. The van der Waals surface area contributed by atoms with Gasteiger partial charge in [-0.05, 0) is 18.4 Å². The first-order valence-corrected chi connectivity index (χ1v) is 5.27. The van der Waals surface area contributed by atoms with E-state index in [0.29, 0.717) is 18.4 Å². The molecule has 3 nitrogen and oxygen atoms in total. The van der Waals surface area contributed by atoms with Crippen LogP contribution in [0.2, 0.25) is 0 Å². The van der Waals surface area contributed by atoms with E-state index >= 15 is 0 Å². The molecule has 0 bridgehead atoms. The van der Waals surface area contributed by atoms with Crippen molar-refractivity contribution in [3.05, 3.63) is 0 Å². The number of rotatable bonds is 6. The van der Waals surface area contributed by atoms with Gasteiger partial charge in [0.15, 0.2) is 0 Å². The lowest BCUT2D eigenvalue weighted by Gasteiger charge is -2.19. The molecule has 0 spiro atoms. The van der Waals surface area contributed by atoms with Crippen molar-refractivity contribution in [1.29, 1.82) is 0 Å². The van der Waals surface area contributed by atoms with Crippen molar-refractivity contribution >= 4 is 5.97 Å². The van der Waals surface area contributed by atoms with Crippen LogP contribution in [-0.4, -0.2) is 26.2 Å². The first-order valence-electron chi connectivity index (χ1n) is 5.27. The number of carbonyl (C=O) groups is 1. The molecule has 84 valence electrons. The van der Waals surface area contributed by atoms with Gasteiger partial charge in [0.1, 0.15) is 0 Å². The number of hydrogen-bond donors (Lipinski definition) is 1. The van der Waals surface area contributed by atoms with Gasteiger partial charge < -0.3 is 10.1 Å². The van der Waals surface area contributed by atoms with Crippen molar-refractivity contribution in [2.24, 2.45) is 17.8 Å². The Morgan fingerprint density at radius 1 is 1.21 bits per heavy atom. The third-order valence-electron chi connectivity index (χ3n) is 2.23. The minimum Gasteiger partial charge on any atom is -0.469 e. The fourth-order valence-corrected chi connectivity index (χ4v) is 1.27. The highest BCUT2D eigenvalue weighted by Gasteiger charge is 2.22. The van der Waals surface area contributed by atoms with E-state index in [9.17, 15) is 4.79 Å². The molecule has 0 saturated heterocycles. The standard InChI is InChI=1S/C11H23NO2/c1-8(2)6-12-7-10(9(3)4)11(13)14-5/h8-10,12H,6-7H2,1-5H3. The molecule has 0 rings (SSSR count). The van der Waals surface area contributed by atoms with Gasteiger partial charge in [-0.3, -0.25) is 4.79 Å². The van der Waals surface area contributed by atoms with Crippen LogP contribution in [0.4, 0.5) is 0 Å². The molecule has 0 aliphatic heterocycles. The monoisotopic (exact) mass is 201 g/mol. The average molecular weight is 201 g/mol. The zero-order chi connectivity index (χ0) is 11.1. The highest BCUT2D eigenvalue weighted by atomic mass is 16.5. The lowest BCUT2D eigenvalue weighted by Crippen LogP contribution is -2.34. The van der Waals surface area contributed by atoms with Crippen LogP contribution < -0.4 is 5.32 Å². The fraction of sp³-hybridized carbons (Fsp3) is 0.909. The number of ether oxygens (including phenoxy) is 1. The van der Waals surface area contributed by atoms with E-state index in [0.717, 1.165) is 6.54 Å². The van der Waals surface area contributed by atoms with E-state index in [1.54, 1.807) is 0 Å². The topological polar surface area (TPSA) is 38.3 Å². The van der Waals surface area contributed by atoms with E-state index in [2.05, 4.69) is 19.2 Å². The van der Waals surface area contributed by atoms with Crippen LogP contribution in [0, 0.1) is 17.8 Å². The molecule has 1 atom stereocenters. The highest BCUT2D eigenvalue weighted by molar-refractivity contribution is 5.72. The van der Waals surface area contributed by atoms with E-state index < -0.39 is 0 Å². The van der Waals surface area contributed by atoms with Crippen LogP contribution in [-0.2, 0) is 9.53 Å². The number of carbonyl (C=O) groups excluding carboxylic acids is 1. The zero-order valence-electron chi connectivity index (χ0n) is 9.96. The molecule has 0 radical (unpaired) electrons. The van der Waals surface area contributed by atoms with Crippen LogP contribution in [0.25, 0.3) is 0 Å². The second-order valence-corrected chi connectivity index (χ2v) is 4.43. The third kappa shape index (κ3) is 5.22. The Labute approximate surface area is 87.2 Å². The molecule has 14 heavy (non-hydrogen) atoms. The Hall–Kier alpha value is -0.570. The lowest BCUT2D eigenvalue weighted by molar-refractivity contribution is -0.146. The van der Waals surface area contributed by atoms with Crippen LogP contribution >= 0.6 is 0 Å². The Kier molecular flexibility index (Phi) is 6.54. The van der Waals surface area contributed by atoms with Gasteiger partial charge in [0.25, 0.3) is 0 Å². The predicted molar refractivity (Wildman–Crippen MR) is 58.1 cm³/mol. The maximum absolute atomic E-state index is 11.4. The summed E-state index contributed by atoms with van der Waals surface area (Å²) in [4.78, 5) is 11.4. The van der Waals surface area contributed by atoms with Crippen molar-refractivity contribution in [3.63, 3.8) is 0 Å². The molecule has 0 aromatic carbocycles. The minimum absolute atomic E-state index is 0.0289. The lowest BCUT2D eigenvalue weighted by atomic mass is 9.96. The summed E-state index contributed by atoms with van der Waals surface area (Å²) in [5.74, 6) is 0.789. The van der Waals surface area contributed by atoms with Crippen LogP contribution in [0.15, 0.2) is 0 Å². The maximum atomic E-state index is 11.4. The first-order chi connectivity index (χ1) is 6.49. The normalized spacial score (nSPS) is 13.4. The Bertz CT molecular complexity index is 167. The average Bonchev–Trinajstić information content (AvgIpc) is 2.10. The summed E-state index contributed by atoms with van der Waals surface area (Å²) in [5, 5.41) is 3.28. The Balaban J connectivity index is 3.92. The molecule has 0 heterocycles. The minimum atomic E-state index is -0.115. The molecule has 1 unspecified atom stereocenters. The van der Waals surface area contributed by atoms with Gasteiger partial charge in [-0.15, -0.1) is 0 Å². The smallest absolute Gasteiger partial charge is 0.310 e. The molecule has 0 aliphatic rings. The quantitative estimate of drug-likeness (QED) is 0.664. The van der Waals surface area contributed by atoms with Crippen LogP contribution in [0.3, 0.4) is 0 Å². The van der Waals surface area contributed by atoms with Gasteiger partial charge in [-0.25, -0.2) is 0 Å². The molecular formula is C11H23NO2. The van der Waals surface area contributed by atoms with E-state index in [4.69, 9.17) is 4.74 Å². The molecule has 0 aliphatic carbocycles. The summed E-state index contributed by atoms with van der Waals surface area (Å²) >= 11 is 0. The van der Waals surface area contributed by atoms with E-state index in [1.165, 1.54) is 7.11 Å². The molecular weight excluding hydrogens is 178 g/mol. The molecule has 0 aromatic rings. The van der Waals surface area contributed by atoms with Crippen LogP contribution in [0.5, 0.6) is 0 Å². The van der Waals surface area contributed by atoms with Crippen molar-refractivity contribution in [2.45, 2.75) is 27.7 Å². The molecule has 0 fully saturated rings. The largest absolute Gasteiger partial charge is 0.469 e. The van der Waals surface area contributed by atoms with Gasteiger partial charge in [-0.1, -0.05) is 27.7 Å². The van der Waals surface area contributed by atoms with Crippen LogP contribution in [0.1, 0.15) is 27.7 Å². The summed E-state index contributed by atoms with van der Waals surface area (Å²) in [6.07, 6.45) is 0. The number of hydrogen-bond acceptors (Lipinski definition) is 3. The van der Waals surface area contributed by atoms with Gasteiger partial charge in [0, 0.05) is 6.54 Å². The number of esters is 1. The molecule has 3 heteroatoms. The van der Waals surface area contributed by atoms with Crippen molar-refractivity contribution in [1.82, 2.24) is 5.32 Å². The second-order valence-electron chi connectivity index (χ2n) is 4.43. The molecule has 0 saturated carbocycles. The predicted octanol–water partition coefficient (Wildman–Crippen LogP) is 1.68. The Morgan fingerprint density at radius 2 is 1.79 bits per heavy atom. The summed E-state index contributed by atoms with van der Waals surface area (Å²) in [7, 11) is 1.44. The third-order valence-corrected chi connectivity index (χ3v) is 2.23. The molecule has 0 amide bonds. The van der Waals surface area contributed by atoms with Gasteiger partial charge in [0.2, 0.25) is 0 Å². The highest BCUT2D eigenvalue weighted by Crippen LogP contribution is 2.11. The van der Waals surface area contributed by atoms with Gasteiger partial charge in [-0.2, -0.15) is 0 Å². The molecule has 0 aromatic heterocycles. The maximum Gasteiger partial charge on any atom is 0.310 e. The van der Waals surface area contributed by atoms with E-state index in [1.807, 2.05) is 13.8 Å².